The molecule has 1 atom stereocenters. The molecule has 0 bridgehead atoms. The van der Waals surface area contributed by atoms with Crippen molar-refractivity contribution in [1.82, 2.24) is 15.6 Å². The van der Waals surface area contributed by atoms with E-state index in [0.717, 1.165) is 19.3 Å². The summed E-state index contributed by atoms with van der Waals surface area (Å²) < 4.78 is 4.96. The lowest BCUT2D eigenvalue weighted by atomic mass is 10.2. The van der Waals surface area contributed by atoms with Gasteiger partial charge in [-0.15, -0.1) is 0 Å². The van der Waals surface area contributed by atoms with Gasteiger partial charge >= 0.3 is 12.0 Å². The Labute approximate surface area is 152 Å². The monoisotopic (exact) mass is 360 g/mol. The highest BCUT2D eigenvalue weighted by Crippen LogP contribution is 2.22. The molecule has 1 aromatic carbocycles. The van der Waals surface area contributed by atoms with Crippen LogP contribution in [0.2, 0.25) is 0 Å². The number of urea groups is 1. The van der Waals surface area contributed by atoms with Crippen molar-refractivity contribution >= 4 is 23.6 Å². The van der Waals surface area contributed by atoms with E-state index >= 15 is 0 Å². The summed E-state index contributed by atoms with van der Waals surface area (Å²) in [6.45, 7) is 2.62. The summed E-state index contributed by atoms with van der Waals surface area (Å²) >= 11 is 0. The van der Waals surface area contributed by atoms with Gasteiger partial charge in [0.2, 0.25) is 0 Å². The van der Waals surface area contributed by atoms with Crippen molar-refractivity contribution in [2.45, 2.75) is 44.7 Å². The standard InChI is InChI=1S/C18H24N4O4/c1-2-26-17(24)12-5-3-6-14(11-12)20-21-16(23)15-7-4-10-22(15)18(25)19-13-8-9-13/h3,5-6,11,13,15,20H,2,4,7-10H2,1H3,(H,19,25)(H,21,23). The largest absolute Gasteiger partial charge is 0.462 e. The van der Waals surface area contributed by atoms with Gasteiger partial charge in [-0.05, 0) is 50.8 Å². The molecule has 1 aromatic rings. The predicted molar refractivity (Wildman–Crippen MR) is 95.4 cm³/mol. The lowest BCUT2D eigenvalue weighted by molar-refractivity contribution is -0.124. The summed E-state index contributed by atoms with van der Waals surface area (Å²) in [6, 6.07) is 6.27. The van der Waals surface area contributed by atoms with E-state index in [9.17, 15) is 14.4 Å². The number of esters is 1. The Bertz CT molecular complexity index is 690. The number of hydrogen-bond acceptors (Lipinski definition) is 5. The Morgan fingerprint density at radius 2 is 2.04 bits per heavy atom. The van der Waals surface area contributed by atoms with Crippen LogP contribution in [0.5, 0.6) is 0 Å². The minimum Gasteiger partial charge on any atom is -0.462 e. The summed E-state index contributed by atoms with van der Waals surface area (Å²) in [6.07, 6.45) is 3.45. The van der Waals surface area contributed by atoms with Crippen LogP contribution in [0.25, 0.3) is 0 Å². The highest BCUT2D eigenvalue weighted by molar-refractivity contribution is 5.91. The molecule has 140 valence electrons. The quantitative estimate of drug-likeness (QED) is 0.529. The van der Waals surface area contributed by atoms with E-state index in [1.165, 1.54) is 0 Å². The second-order valence-corrected chi connectivity index (χ2v) is 6.49. The average Bonchev–Trinajstić information content (AvgIpc) is 3.31. The third-order valence-corrected chi connectivity index (χ3v) is 4.43. The molecule has 3 N–H and O–H groups in total. The predicted octanol–water partition coefficient (Wildman–Crippen LogP) is 1.64. The van der Waals surface area contributed by atoms with Crippen LogP contribution in [0, 0.1) is 0 Å². The van der Waals surface area contributed by atoms with Crippen LogP contribution in [0.1, 0.15) is 43.0 Å². The fourth-order valence-corrected chi connectivity index (χ4v) is 2.92. The molecule has 8 heteroatoms. The van der Waals surface area contributed by atoms with Gasteiger partial charge in [-0.1, -0.05) is 6.07 Å². The summed E-state index contributed by atoms with van der Waals surface area (Å²) in [5.41, 5.74) is 6.40. The second-order valence-electron chi connectivity index (χ2n) is 6.49. The number of anilines is 1. The number of likely N-dealkylation sites (tertiary alicyclic amines) is 1. The van der Waals surface area contributed by atoms with E-state index < -0.39 is 12.0 Å². The van der Waals surface area contributed by atoms with Crippen molar-refractivity contribution in [1.29, 1.82) is 0 Å². The number of amides is 3. The molecular weight excluding hydrogens is 336 g/mol. The summed E-state index contributed by atoms with van der Waals surface area (Å²) in [5, 5.41) is 2.92. The Kier molecular flexibility index (Phi) is 5.60. The molecule has 26 heavy (non-hydrogen) atoms. The first-order chi connectivity index (χ1) is 12.6. The van der Waals surface area contributed by atoms with E-state index in [1.54, 1.807) is 36.1 Å². The van der Waals surface area contributed by atoms with Crippen molar-refractivity contribution in [2.24, 2.45) is 0 Å². The fraction of sp³-hybridized carbons (Fsp3) is 0.500. The molecule has 3 amide bonds. The highest BCUT2D eigenvalue weighted by atomic mass is 16.5. The van der Waals surface area contributed by atoms with Crippen molar-refractivity contribution in [3.8, 4) is 0 Å². The lowest BCUT2D eigenvalue weighted by Gasteiger charge is -2.24. The molecule has 1 saturated heterocycles. The first kappa shape index (κ1) is 18.0. The number of rotatable bonds is 6. The molecule has 0 spiro atoms. The Morgan fingerprint density at radius 3 is 2.77 bits per heavy atom. The van der Waals surface area contributed by atoms with E-state index in [2.05, 4.69) is 16.2 Å². The zero-order chi connectivity index (χ0) is 18.5. The number of nitrogens with one attached hydrogen (secondary N) is 3. The smallest absolute Gasteiger partial charge is 0.338 e. The van der Waals surface area contributed by atoms with Gasteiger partial charge in [0.15, 0.2) is 0 Å². The minimum absolute atomic E-state index is 0.172. The number of benzene rings is 1. The zero-order valence-corrected chi connectivity index (χ0v) is 14.8. The number of carbonyl (C=O) groups excluding carboxylic acids is 3. The maximum atomic E-state index is 12.5. The highest BCUT2D eigenvalue weighted by Gasteiger charge is 2.36. The number of nitrogens with zero attached hydrogens (tertiary/aromatic N) is 1. The van der Waals surface area contributed by atoms with Crippen LogP contribution >= 0.6 is 0 Å². The van der Waals surface area contributed by atoms with Gasteiger partial charge in [-0.25, -0.2) is 9.59 Å². The minimum atomic E-state index is -0.491. The third kappa shape index (κ3) is 4.44. The van der Waals surface area contributed by atoms with E-state index in [1.807, 2.05) is 0 Å². The Hall–Kier alpha value is -2.77. The van der Waals surface area contributed by atoms with Crippen LogP contribution in [0.3, 0.4) is 0 Å². The molecule has 0 aromatic heterocycles. The zero-order valence-electron chi connectivity index (χ0n) is 14.8. The van der Waals surface area contributed by atoms with Gasteiger partial charge in [-0.2, -0.15) is 0 Å². The van der Waals surface area contributed by atoms with Gasteiger partial charge in [-0.3, -0.25) is 15.6 Å². The SMILES string of the molecule is CCOC(=O)c1cccc(NNC(=O)C2CCCN2C(=O)NC2CC2)c1. The lowest BCUT2D eigenvalue weighted by Crippen LogP contribution is -2.51. The van der Waals surface area contributed by atoms with Crippen LogP contribution in [0.4, 0.5) is 10.5 Å². The molecule has 2 aliphatic rings. The Morgan fingerprint density at radius 1 is 1.23 bits per heavy atom. The van der Waals surface area contributed by atoms with Crippen molar-refractivity contribution in [3.05, 3.63) is 29.8 Å². The van der Waals surface area contributed by atoms with E-state index in [-0.39, 0.29) is 18.0 Å². The van der Waals surface area contributed by atoms with Crippen LogP contribution in [-0.2, 0) is 9.53 Å². The van der Waals surface area contributed by atoms with Crippen LogP contribution in [0.15, 0.2) is 24.3 Å². The van der Waals surface area contributed by atoms with Crippen LogP contribution in [-0.4, -0.2) is 48.0 Å². The van der Waals surface area contributed by atoms with E-state index in [4.69, 9.17) is 4.74 Å². The molecule has 0 radical (unpaired) electrons. The van der Waals surface area contributed by atoms with Crippen molar-refractivity contribution < 1.29 is 19.1 Å². The molecule has 2 fully saturated rings. The maximum absolute atomic E-state index is 12.5. The molecule has 8 nitrogen and oxygen atoms in total. The molecule has 1 unspecified atom stereocenters. The molecule has 3 rings (SSSR count). The summed E-state index contributed by atoms with van der Waals surface area (Å²) in [5.74, 6) is -0.684. The number of hydrogen-bond donors (Lipinski definition) is 3. The van der Waals surface area contributed by atoms with Crippen LogP contribution < -0.4 is 16.2 Å². The van der Waals surface area contributed by atoms with Gasteiger partial charge < -0.3 is 15.0 Å². The first-order valence-electron chi connectivity index (χ1n) is 8.98. The van der Waals surface area contributed by atoms with Gasteiger partial charge in [0.25, 0.3) is 5.91 Å². The summed E-state index contributed by atoms with van der Waals surface area (Å²) in [7, 11) is 0. The molecule has 1 heterocycles. The summed E-state index contributed by atoms with van der Waals surface area (Å²) in [4.78, 5) is 38.1. The number of ether oxygens (including phenoxy) is 1. The Balaban J connectivity index is 1.55. The number of carbonyl (C=O) groups is 3. The van der Waals surface area contributed by atoms with Crippen molar-refractivity contribution in [3.63, 3.8) is 0 Å². The normalized spacial score (nSPS) is 19.0. The molecule has 1 aliphatic carbocycles. The third-order valence-electron chi connectivity index (χ3n) is 4.43. The van der Waals surface area contributed by atoms with Gasteiger partial charge in [0.1, 0.15) is 6.04 Å². The average molecular weight is 360 g/mol. The maximum Gasteiger partial charge on any atom is 0.338 e. The fourth-order valence-electron chi connectivity index (χ4n) is 2.92. The molecule has 1 saturated carbocycles. The molecular formula is C18H24N4O4. The first-order valence-corrected chi connectivity index (χ1v) is 8.98. The number of hydrazine groups is 1. The molecule has 1 aliphatic heterocycles. The second kappa shape index (κ2) is 8.07. The van der Waals surface area contributed by atoms with E-state index in [0.29, 0.717) is 30.8 Å². The van der Waals surface area contributed by atoms with Crippen molar-refractivity contribution in [2.75, 3.05) is 18.6 Å². The topological polar surface area (TPSA) is 99.8 Å². The van der Waals surface area contributed by atoms with Gasteiger partial charge in [0, 0.05) is 12.6 Å². The van der Waals surface area contributed by atoms with Gasteiger partial charge in [0.05, 0.1) is 17.9 Å².